The van der Waals surface area contributed by atoms with Crippen LogP contribution in [-0.4, -0.2) is 31.9 Å². The molecule has 0 spiro atoms. The van der Waals surface area contributed by atoms with Crippen LogP contribution >= 0.6 is 0 Å². The number of ether oxygens (including phenoxy) is 2. The Balaban J connectivity index is 2.01. The summed E-state index contributed by atoms with van der Waals surface area (Å²) in [6, 6.07) is 11.3. The molecule has 0 amide bonds. The van der Waals surface area contributed by atoms with Gasteiger partial charge >= 0.3 is 0 Å². The summed E-state index contributed by atoms with van der Waals surface area (Å²) in [6.07, 6.45) is -2.92. The number of benzene rings is 2. The van der Waals surface area contributed by atoms with Gasteiger partial charge in [0.2, 0.25) is 0 Å². The first-order valence-electron chi connectivity index (χ1n) is 6.72. The second-order valence-corrected chi connectivity index (χ2v) is 4.74. The van der Waals surface area contributed by atoms with Crippen molar-refractivity contribution in [3.63, 3.8) is 0 Å². The lowest BCUT2D eigenvalue weighted by Crippen LogP contribution is -2.08. The highest BCUT2D eigenvalue weighted by molar-refractivity contribution is 5.84. The summed E-state index contributed by atoms with van der Waals surface area (Å²) in [7, 11) is 1.61. The molecule has 1 atom stereocenters. The van der Waals surface area contributed by atoms with Crippen LogP contribution in [-0.2, 0) is 4.74 Å². The number of aliphatic hydroxyl groups is 1. The lowest BCUT2D eigenvalue weighted by molar-refractivity contribution is 0.00482. The molecule has 0 aliphatic heterocycles. The predicted molar refractivity (Wildman–Crippen MR) is 76.9 cm³/mol. The van der Waals surface area contributed by atoms with Crippen molar-refractivity contribution in [1.82, 2.24) is 0 Å². The maximum Gasteiger partial charge on any atom is 0.261 e. The number of rotatable bonds is 7. The zero-order valence-electron chi connectivity index (χ0n) is 11.8. The smallest absolute Gasteiger partial charge is 0.261 e. The van der Waals surface area contributed by atoms with E-state index in [1.807, 2.05) is 36.4 Å². The highest BCUT2D eigenvalue weighted by Crippen LogP contribution is 2.25. The van der Waals surface area contributed by atoms with Gasteiger partial charge in [-0.25, -0.2) is 8.78 Å². The van der Waals surface area contributed by atoms with E-state index in [9.17, 15) is 13.9 Å². The van der Waals surface area contributed by atoms with Gasteiger partial charge in [-0.1, -0.05) is 18.2 Å². The average Bonchev–Trinajstić information content (AvgIpc) is 2.50. The Morgan fingerprint density at radius 3 is 2.52 bits per heavy atom. The predicted octanol–water partition coefficient (Wildman–Crippen LogP) is 3.55. The van der Waals surface area contributed by atoms with E-state index in [0.29, 0.717) is 0 Å². The zero-order valence-corrected chi connectivity index (χ0v) is 11.8. The standard InChI is InChI=1S/C16H18F2O3/c1-20-14-5-4-11-8-13(3-2-12(11)9-14)15(19)6-7-21-10-16(17)18/h2-5,8-9,15-16,19H,6-7,10H2,1H3. The molecule has 0 heterocycles. The molecule has 0 aliphatic carbocycles. The molecular formula is C16H18F2O3. The third-order valence-electron chi connectivity index (χ3n) is 3.24. The molecule has 2 rings (SSSR count). The van der Waals surface area contributed by atoms with Gasteiger partial charge in [0.25, 0.3) is 6.43 Å². The van der Waals surface area contributed by atoms with Gasteiger partial charge in [0.15, 0.2) is 0 Å². The van der Waals surface area contributed by atoms with Crippen molar-refractivity contribution in [1.29, 1.82) is 0 Å². The fourth-order valence-corrected chi connectivity index (χ4v) is 2.11. The Kier molecular flexibility index (Phi) is 5.47. The van der Waals surface area contributed by atoms with Crippen LogP contribution in [0.5, 0.6) is 5.75 Å². The second-order valence-electron chi connectivity index (χ2n) is 4.74. The summed E-state index contributed by atoms with van der Waals surface area (Å²) in [5, 5.41) is 12.1. The van der Waals surface area contributed by atoms with E-state index >= 15 is 0 Å². The van der Waals surface area contributed by atoms with Crippen LogP contribution < -0.4 is 4.74 Å². The lowest BCUT2D eigenvalue weighted by Gasteiger charge is -2.12. The number of methoxy groups -OCH3 is 1. The van der Waals surface area contributed by atoms with Crippen molar-refractivity contribution >= 4 is 10.8 Å². The van der Waals surface area contributed by atoms with Crippen molar-refractivity contribution in [3.8, 4) is 5.75 Å². The van der Waals surface area contributed by atoms with Crippen LogP contribution in [0.1, 0.15) is 18.1 Å². The van der Waals surface area contributed by atoms with E-state index in [1.54, 1.807) is 7.11 Å². The summed E-state index contributed by atoms with van der Waals surface area (Å²) in [5.74, 6) is 0.774. The van der Waals surface area contributed by atoms with E-state index in [4.69, 9.17) is 9.47 Å². The van der Waals surface area contributed by atoms with Crippen molar-refractivity contribution in [2.75, 3.05) is 20.3 Å². The minimum absolute atomic E-state index is 0.103. The monoisotopic (exact) mass is 296 g/mol. The zero-order chi connectivity index (χ0) is 15.2. The first kappa shape index (κ1) is 15.7. The topological polar surface area (TPSA) is 38.7 Å². The number of hydrogen-bond acceptors (Lipinski definition) is 3. The molecule has 0 saturated carbocycles. The maximum absolute atomic E-state index is 11.9. The Morgan fingerprint density at radius 1 is 1.10 bits per heavy atom. The van der Waals surface area contributed by atoms with Gasteiger partial charge in [0, 0.05) is 13.0 Å². The Bertz CT molecular complexity index is 587. The Morgan fingerprint density at radius 2 is 1.81 bits per heavy atom. The molecule has 2 aromatic rings. The molecule has 21 heavy (non-hydrogen) atoms. The van der Waals surface area contributed by atoms with Crippen LogP contribution in [0.25, 0.3) is 10.8 Å². The fraction of sp³-hybridized carbons (Fsp3) is 0.375. The van der Waals surface area contributed by atoms with Crippen LogP contribution in [0.3, 0.4) is 0 Å². The number of hydrogen-bond donors (Lipinski definition) is 1. The molecular weight excluding hydrogens is 278 g/mol. The lowest BCUT2D eigenvalue weighted by atomic mass is 10.0. The molecule has 0 aromatic heterocycles. The van der Waals surface area contributed by atoms with E-state index in [1.165, 1.54) is 0 Å². The van der Waals surface area contributed by atoms with E-state index < -0.39 is 19.1 Å². The van der Waals surface area contributed by atoms with Crippen molar-refractivity contribution < 1.29 is 23.4 Å². The van der Waals surface area contributed by atoms with Gasteiger partial charge in [0.1, 0.15) is 12.4 Å². The van der Waals surface area contributed by atoms with Gasteiger partial charge < -0.3 is 14.6 Å². The van der Waals surface area contributed by atoms with E-state index in [0.717, 1.165) is 22.1 Å². The first-order chi connectivity index (χ1) is 10.1. The molecule has 0 fully saturated rings. The molecule has 2 aromatic carbocycles. The molecule has 1 N–H and O–H groups in total. The first-order valence-corrected chi connectivity index (χ1v) is 6.72. The highest BCUT2D eigenvalue weighted by Gasteiger charge is 2.09. The largest absolute Gasteiger partial charge is 0.497 e. The molecule has 114 valence electrons. The maximum atomic E-state index is 11.9. The molecule has 0 radical (unpaired) electrons. The highest BCUT2D eigenvalue weighted by atomic mass is 19.3. The third-order valence-corrected chi connectivity index (χ3v) is 3.24. The Hall–Kier alpha value is -1.72. The van der Waals surface area contributed by atoms with E-state index in [-0.39, 0.29) is 13.0 Å². The SMILES string of the molecule is COc1ccc2cc(C(O)CCOCC(F)F)ccc2c1. The van der Waals surface area contributed by atoms with Crippen LogP contribution in [0.4, 0.5) is 8.78 Å². The van der Waals surface area contributed by atoms with Crippen molar-refractivity contribution in [2.24, 2.45) is 0 Å². The van der Waals surface area contributed by atoms with Crippen LogP contribution in [0.15, 0.2) is 36.4 Å². The van der Waals surface area contributed by atoms with Gasteiger partial charge in [-0.15, -0.1) is 0 Å². The number of fused-ring (bicyclic) bond motifs is 1. The average molecular weight is 296 g/mol. The fourth-order valence-electron chi connectivity index (χ4n) is 2.11. The molecule has 0 aliphatic rings. The molecule has 3 nitrogen and oxygen atoms in total. The molecule has 0 saturated heterocycles. The van der Waals surface area contributed by atoms with Crippen LogP contribution in [0, 0.1) is 0 Å². The Labute approximate surface area is 122 Å². The van der Waals surface area contributed by atoms with E-state index in [2.05, 4.69) is 0 Å². The van der Waals surface area contributed by atoms with Gasteiger partial charge in [-0.2, -0.15) is 0 Å². The van der Waals surface area contributed by atoms with Gasteiger partial charge in [-0.3, -0.25) is 0 Å². The minimum Gasteiger partial charge on any atom is -0.497 e. The van der Waals surface area contributed by atoms with Crippen molar-refractivity contribution in [2.45, 2.75) is 19.0 Å². The summed E-state index contributed by atoms with van der Waals surface area (Å²) >= 11 is 0. The number of alkyl halides is 2. The summed E-state index contributed by atoms with van der Waals surface area (Å²) in [4.78, 5) is 0. The minimum atomic E-state index is -2.47. The summed E-state index contributed by atoms with van der Waals surface area (Å²) < 4.78 is 33.8. The molecule has 1 unspecified atom stereocenters. The van der Waals surface area contributed by atoms with Crippen molar-refractivity contribution in [3.05, 3.63) is 42.0 Å². The quantitative estimate of drug-likeness (QED) is 0.794. The van der Waals surface area contributed by atoms with Crippen LogP contribution in [0.2, 0.25) is 0 Å². The number of aliphatic hydroxyl groups excluding tert-OH is 1. The normalized spacial score (nSPS) is 12.8. The van der Waals surface area contributed by atoms with Gasteiger partial charge in [0.05, 0.1) is 13.2 Å². The molecule has 5 heteroatoms. The molecule has 0 bridgehead atoms. The summed E-state index contributed by atoms with van der Waals surface area (Å²) in [5.41, 5.74) is 0.744. The number of halogens is 2. The second kappa shape index (κ2) is 7.33. The third kappa shape index (κ3) is 4.37. The summed E-state index contributed by atoms with van der Waals surface area (Å²) in [6.45, 7) is -0.490. The van der Waals surface area contributed by atoms with Gasteiger partial charge in [-0.05, 0) is 34.5 Å².